The monoisotopic (exact) mass is 494 g/mol. The summed E-state index contributed by atoms with van der Waals surface area (Å²) in [6.07, 6.45) is 1.39. The highest BCUT2D eigenvalue weighted by molar-refractivity contribution is 7.90. The van der Waals surface area contributed by atoms with Crippen LogP contribution in [0.2, 0.25) is 0 Å². The lowest BCUT2D eigenvalue weighted by molar-refractivity contribution is 0.0284. The van der Waals surface area contributed by atoms with Gasteiger partial charge in [0.15, 0.2) is 10.8 Å². The van der Waals surface area contributed by atoms with Crippen LogP contribution in [0.3, 0.4) is 0 Å². The summed E-state index contributed by atoms with van der Waals surface area (Å²) in [6, 6.07) is 6.59. The van der Waals surface area contributed by atoms with Crippen LogP contribution in [0.1, 0.15) is 26.3 Å². The van der Waals surface area contributed by atoms with Gasteiger partial charge in [0, 0.05) is 31.1 Å². The molecule has 9 nitrogen and oxygen atoms in total. The average molecular weight is 495 g/mol. The minimum atomic E-state index is -4.50. The first kappa shape index (κ1) is 25.1. The first-order valence-corrected chi connectivity index (χ1v) is 11.5. The predicted octanol–water partition coefficient (Wildman–Crippen LogP) is 3.84. The van der Waals surface area contributed by atoms with Crippen LogP contribution < -0.4 is 4.74 Å². The lowest BCUT2D eigenvalue weighted by atomic mass is 10.1. The van der Waals surface area contributed by atoms with Gasteiger partial charge in [-0.1, -0.05) is 6.07 Å². The van der Waals surface area contributed by atoms with E-state index in [4.69, 9.17) is 9.47 Å². The van der Waals surface area contributed by atoms with E-state index in [1.807, 2.05) is 0 Å². The maximum absolute atomic E-state index is 15.6. The molecular formula is C22H24F2N4O5S. The fraction of sp³-hybridized carbons (Fsp3) is 0.318. The molecule has 0 aromatic carbocycles. The number of amides is 1. The van der Waals surface area contributed by atoms with Crippen LogP contribution in [0.4, 0.5) is 13.6 Å². The molecule has 3 heterocycles. The topological polar surface area (TPSA) is 104 Å². The van der Waals surface area contributed by atoms with E-state index in [0.717, 1.165) is 17.3 Å². The number of nitrogens with zero attached hydrogens (tertiary/aromatic N) is 4. The lowest BCUT2D eigenvalue weighted by Crippen LogP contribution is -2.33. The molecule has 0 saturated heterocycles. The highest BCUT2D eigenvalue weighted by atomic mass is 32.2. The van der Waals surface area contributed by atoms with Crippen molar-refractivity contribution in [2.45, 2.75) is 37.9 Å². The van der Waals surface area contributed by atoms with Gasteiger partial charge in [0.25, 0.3) is 10.0 Å². The Hall–Kier alpha value is -3.54. The number of methoxy groups -OCH3 is 1. The third-order valence-corrected chi connectivity index (χ3v) is 6.10. The minimum Gasteiger partial charge on any atom is -0.481 e. The first-order valence-electron chi connectivity index (χ1n) is 10.1. The Kier molecular flexibility index (Phi) is 6.92. The predicted molar refractivity (Wildman–Crippen MR) is 119 cm³/mol. The molecule has 0 saturated carbocycles. The van der Waals surface area contributed by atoms with Crippen molar-refractivity contribution in [3.8, 4) is 17.1 Å². The molecule has 0 bridgehead atoms. The molecule has 0 N–H and O–H groups in total. The number of rotatable bonds is 6. The van der Waals surface area contributed by atoms with E-state index < -0.39 is 44.2 Å². The first-order chi connectivity index (χ1) is 15.8. The standard InChI is InChI=1S/C22H24F2N4O5S/c1-22(2,3)33-21(29)27(4)12-14-13-28(19(18(14)23)15-8-7-11-25-20(15)24)34(30,31)17-10-6-9-16(26-17)32-5/h6-11,13H,12H2,1-5H3. The Balaban J connectivity index is 2.15. The van der Waals surface area contributed by atoms with Crippen molar-refractivity contribution in [1.29, 1.82) is 0 Å². The van der Waals surface area contributed by atoms with Crippen LogP contribution in [0.25, 0.3) is 11.3 Å². The minimum absolute atomic E-state index is 0.0210. The summed E-state index contributed by atoms with van der Waals surface area (Å²) >= 11 is 0. The third-order valence-electron chi connectivity index (χ3n) is 4.54. The molecule has 0 aliphatic rings. The maximum atomic E-state index is 15.6. The van der Waals surface area contributed by atoms with Gasteiger partial charge in [-0.25, -0.2) is 18.1 Å². The van der Waals surface area contributed by atoms with Crippen molar-refractivity contribution < 1.29 is 31.5 Å². The van der Waals surface area contributed by atoms with Crippen molar-refractivity contribution in [3.05, 3.63) is 60.1 Å². The molecule has 3 rings (SSSR count). The second-order valence-corrected chi connectivity index (χ2v) is 10.1. The van der Waals surface area contributed by atoms with E-state index in [9.17, 15) is 17.6 Å². The molecule has 0 unspecified atom stereocenters. The van der Waals surface area contributed by atoms with Gasteiger partial charge in [0.05, 0.1) is 19.2 Å². The Morgan fingerprint density at radius 2 is 1.88 bits per heavy atom. The SMILES string of the molecule is COc1cccc(S(=O)(=O)n2cc(CN(C)C(=O)OC(C)(C)C)c(F)c2-c2cccnc2F)n1. The summed E-state index contributed by atoms with van der Waals surface area (Å²) in [5, 5.41) is -0.445. The number of carbonyl (C=O) groups excluding carboxylic acids is 1. The Morgan fingerprint density at radius 1 is 1.18 bits per heavy atom. The Bertz CT molecular complexity index is 1320. The van der Waals surface area contributed by atoms with Crippen LogP contribution in [0.5, 0.6) is 5.88 Å². The molecule has 12 heteroatoms. The summed E-state index contributed by atoms with van der Waals surface area (Å²) in [4.78, 5) is 20.8. The number of carbonyl (C=O) groups is 1. The molecule has 0 aliphatic carbocycles. The van der Waals surface area contributed by atoms with Crippen molar-refractivity contribution >= 4 is 16.1 Å². The molecule has 0 spiro atoms. The fourth-order valence-electron chi connectivity index (χ4n) is 3.02. The van der Waals surface area contributed by atoms with Crippen molar-refractivity contribution in [3.63, 3.8) is 0 Å². The normalized spacial score (nSPS) is 11.9. The zero-order valence-electron chi connectivity index (χ0n) is 19.2. The highest BCUT2D eigenvalue weighted by Gasteiger charge is 2.31. The van der Waals surface area contributed by atoms with E-state index in [0.29, 0.717) is 3.97 Å². The quantitative estimate of drug-likeness (QED) is 0.480. The summed E-state index contributed by atoms with van der Waals surface area (Å²) < 4.78 is 67.8. The molecule has 1 amide bonds. The van der Waals surface area contributed by atoms with Crippen molar-refractivity contribution in [2.75, 3.05) is 14.2 Å². The van der Waals surface area contributed by atoms with Crippen LogP contribution in [0.15, 0.2) is 47.8 Å². The Morgan fingerprint density at radius 3 is 2.50 bits per heavy atom. The van der Waals surface area contributed by atoms with Gasteiger partial charge in [-0.2, -0.15) is 17.8 Å². The van der Waals surface area contributed by atoms with Gasteiger partial charge in [-0.3, -0.25) is 0 Å². The highest BCUT2D eigenvalue weighted by Crippen LogP contribution is 2.32. The van der Waals surface area contributed by atoms with Gasteiger partial charge in [0.1, 0.15) is 11.3 Å². The lowest BCUT2D eigenvalue weighted by Gasteiger charge is -2.24. The van der Waals surface area contributed by atoms with Crippen molar-refractivity contribution in [2.24, 2.45) is 0 Å². The maximum Gasteiger partial charge on any atom is 0.410 e. The largest absolute Gasteiger partial charge is 0.481 e. The fourth-order valence-corrected chi connectivity index (χ4v) is 4.37. The van der Waals surface area contributed by atoms with E-state index >= 15 is 4.39 Å². The number of pyridine rings is 2. The van der Waals surface area contributed by atoms with Gasteiger partial charge >= 0.3 is 6.09 Å². The molecule has 0 atom stereocenters. The second kappa shape index (κ2) is 9.37. The van der Waals surface area contributed by atoms with Gasteiger partial charge < -0.3 is 14.4 Å². The van der Waals surface area contributed by atoms with Crippen LogP contribution >= 0.6 is 0 Å². The van der Waals surface area contributed by atoms with Gasteiger partial charge in [-0.15, -0.1) is 0 Å². The summed E-state index contributed by atoms with van der Waals surface area (Å²) in [7, 11) is -1.81. The van der Waals surface area contributed by atoms with E-state index in [-0.39, 0.29) is 23.6 Å². The molecule has 34 heavy (non-hydrogen) atoms. The molecule has 182 valence electrons. The second-order valence-electron chi connectivity index (χ2n) is 8.31. The summed E-state index contributed by atoms with van der Waals surface area (Å²) in [5.41, 5.74) is -1.93. The molecule has 0 aliphatic heterocycles. The number of hydrogen-bond donors (Lipinski definition) is 0. The van der Waals surface area contributed by atoms with E-state index in [2.05, 4.69) is 9.97 Å². The zero-order valence-corrected chi connectivity index (χ0v) is 20.1. The van der Waals surface area contributed by atoms with Gasteiger partial charge in [0.2, 0.25) is 11.8 Å². The Labute approximate surface area is 196 Å². The van der Waals surface area contributed by atoms with E-state index in [1.54, 1.807) is 20.8 Å². The smallest absolute Gasteiger partial charge is 0.410 e. The van der Waals surface area contributed by atoms with Crippen molar-refractivity contribution in [1.82, 2.24) is 18.8 Å². The summed E-state index contributed by atoms with van der Waals surface area (Å²) in [5.74, 6) is -2.08. The van der Waals surface area contributed by atoms with Gasteiger partial charge in [-0.05, 0) is 39.0 Å². The molecule has 3 aromatic heterocycles. The zero-order chi connectivity index (χ0) is 25.3. The number of ether oxygens (including phenoxy) is 2. The average Bonchev–Trinajstić information content (AvgIpc) is 3.09. The third kappa shape index (κ3) is 5.16. The molecule has 0 fully saturated rings. The van der Waals surface area contributed by atoms with E-state index in [1.165, 1.54) is 44.5 Å². The molecular weight excluding hydrogens is 470 g/mol. The number of hydrogen-bond acceptors (Lipinski definition) is 7. The number of aromatic nitrogens is 3. The molecule has 3 aromatic rings. The number of halogens is 2. The van der Waals surface area contributed by atoms with Crippen LogP contribution in [0, 0.1) is 11.8 Å². The summed E-state index contributed by atoms with van der Waals surface area (Å²) in [6.45, 7) is 4.68. The van der Waals surface area contributed by atoms with Crippen LogP contribution in [-0.2, 0) is 21.3 Å². The van der Waals surface area contributed by atoms with Crippen LogP contribution in [-0.4, -0.2) is 53.1 Å². The molecule has 0 radical (unpaired) electrons.